The average Bonchev–Trinajstić information content (AvgIpc) is 2.47. The van der Waals surface area contributed by atoms with Crippen molar-refractivity contribution in [1.29, 1.82) is 0 Å². The lowest BCUT2D eigenvalue weighted by molar-refractivity contribution is 0.242. The molecule has 2 N–H and O–H groups in total. The number of halogens is 2. The number of benzene rings is 1. The normalized spacial score (nSPS) is 21.0. The van der Waals surface area contributed by atoms with Gasteiger partial charge in [0.05, 0.1) is 7.11 Å². The molecular weight excluding hydrogens is 347 g/mol. The quantitative estimate of drug-likeness (QED) is 0.885. The maximum Gasteiger partial charge on any atom is 0.246 e. The van der Waals surface area contributed by atoms with Gasteiger partial charge in [0.1, 0.15) is 10.6 Å². The van der Waals surface area contributed by atoms with Crippen LogP contribution in [0.25, 0.3) is 0 Å². The van der Waals surface area contributed by atoms with Gasteiger partial charge >= 0.3 is 0 Å². The lowest BCUT2D eigenvalue weighted by Crippen LogP contribution is -2.45. The molecule has 0 aromatic heterocycles. The molecule has 2 atom stereocenters. The van der Waals surface area contributed by atoms with E-state index in [1.807, 2.05) is 6.92 Å². The zero-order valence-corrected chi connectivity index (χ0v) is 15.0. The summed E-state index contributed by atoms with van der Waals surface area (Å²) < 4.78 is 32.3. The van der Waals surface area contributed by atoms with E-state index in [0.29, 0.717) is 23.9 Å². The summed E-state index contributed by atoms with van der Waals surface area (Å²) in [6.45, 7) is 2.86. The van der Waals surface area contributed by atoms with Gasteiger partial charge in [0.2, 0.25) is 10.0 Å². The minimum absolute atomic E-state index is 0. The monoisotopic (exact) mass is 368 g/mol. The SMILES string of the molecule is COc1ccc(Cl)cc1S(=O)(=O)N1CCCC(C(C)N)C1.Cl. The Morgan fingerprint density at radius 1 is 1.45 bits per heavy atom. The third kappa shape index (κ3) is 4.06. The molecule has 1 aromatic rings. The number of nitrogens with two attached hydrogens (primary N) is 1. The molecule has 22 heavy (non-hydrogen) atoms. The molecular formula is C14H22Cl2N2O3S. The summed E-state index contributed by atoms with van der Waals surface area (Å²) in [6, 6.07) is 4.59. The number of sulfonamides is 1. The van der Waals surface area contributed by atoms with Crippen molar-refractivity contribution in [2.75, 3.05) is 20.2 Å². The van der Waals surface area contributed by atoms with Crippen LogP contribution in [0.4, 0.5) is 0 Å². The van der Waals surface area contributed by atoms with Gasteiger partial charge < -0.3 is 10.5 Å². The number of piperidine rings is 1. The van der Waals surface area contributed by atoms with Gasteiger partial charge in [0, 0.05) is 24.2 Å². The standard InChI is InChI=1S/C14H21ClN2O3S.ClH/c1-10(16)11-4-3-7-17(9-11)21(18,19)14-8-12(15)5-6-13(14)20-2;/h5-6,8,10-11H,3-4,7,9,16H2,1-2H3;1H. The molecule has 1 aromatic carbocycles. The van der Waals surface area contributed by atoms with Crippen molar-refractivity contribution in [2.24, 2.45) is 11.7 Å². The van der Waals surface area contributed by atoms with E-state index < -0.39 is 10.0 Å². The van der Waals surface area contributed by atoms with E-state index in [1.165, 1.54) is 17.5 Å². The van der Waals surface area contributed by atoms with Crippen LogP contribution in [0.3, 0.4) is 0 Å². The van der Waals surface area contributed by atoms with Gasteiger partial charge in [0.25, 0.3) is 0 Å². The Morgan fingerprint density at radius 3 is 2.73 bits per heavy atom. The molecule has 2 rings (SSSR count). The highest BCUT2D eigenvalue weighted by atomic mass is 35.5. The number of methoxy groups -OCH3 is 1. The summed E-state index contributed by atoms with van der Waals surface area (Å²) in [5.74, 6) is 0.487. The molecule has 2 unspecified atom stereocenters. The first kappa shape index (κ1) is 19.5. The van der Waals surface area contributed by atoms with Crippen molar-refractivity contribution in [3.05, 3.63) is 23.2 Å². The van der Waals surface area contributed by atoms with Gasteiger partial charge in [-0.25, -0.2) is 8.42 Å². The largest absolute Gasteiger partial charge is 0.495 e. The van der Waals surface area contributed by atoms with Gasteiger partial charge in [-0.2, -0.15) is 4.31 Å². The van der Waals surface area contributed by atoms with Crippen LogP contribution < -0.4 is 10.5 Å². The zero-order chi connectivity index (χ0) is 15.6. The second-order valence-corrected chi connectivity index (χ2v) is 7.76. The Bertz CT molecular complexity index is 608. The molecule has 1 heterocycles. The fraction of sp³-hybridized carbons (Fsp3) is 0.571. The molecule has 1 aliphatic rings. The van der Waals surface area contributed by atoms with Gasteiger partial charge in [-0.3, -0.25) is 0 Å². The summed E-state index contributed by atoms with van der Waals surface area (Å²) in [5.41, 5.74) is 5.92. The number of nitrogens with zero attached hydrogens (tertiary/aromatic N) is 1. The molecule has 126 valence electrons. The lowest BCUT2D eigenvalue weighted by Gasteiger charge is -2.34. The van der Waals surface area contributed by atoms with Crippen molar-refractivity contribution in [2.45, 2.75) is 30.7 Å². The van der Waals surface area contributed by atoms with Crippen molar-refractivity contribution >= 4 is 34.0 Å². The van der Waals surface area contributed by atoms with Crippen LogP contribution >= 0.6 is 24.0 Å². The number of rotatable bonds is 4. The molecule has 0 radical (unpaired) electrons. The lowest BCUT2D eigenvalue weighted by atomic mass is 9.93. The van der Waals surface area contributed by atoms with E-state index in [9.17, 15) is 8.42 Å². The molecule has 8 heteroatoms. The molecule has 0 bridgehead atoms. The number of hydrogen-bond acceptors (Lipinski definition) is 4. The average molecular weight is 369 g/mol. The van der Waals surface area contributed by atoms with E-state index >= 15 is 0 Å². The second kappa shape index (κ2) is 7.84. The first-order valence-electron chi connectivity index (χ1n) is 6.95. The highest BCUT2D eigenvalue weighted by molar-refractivity contribution is 7.89. The fourth-order valence-electron chi connectivity index (χ4n) is 2.61. The Kier molecular flexibility index (Phi) is 6.95. The Morgan fingerprint density at radius 2 is 2.14 bits per heavy atom. The minimum atomic E-state index is -3.63. The van der Waals surface area contributed by atoms with E-state index in [2.05, 4.69) is 0 Å². The summed E-state index contributed by atoms with van der Waals surface area (Å²) >= 11 is 5.94. The molecule has 0 saturated carbocycles. The van der Waals surface area contributed by atoms with Crippen LogP contribution in [-0.2, 0) is 10.0 Å². The van der Waals surface area contributed by atoms with Crippen LogP contribution in [-0.4, -0.2) is 39.0 Å². The Balaban J connectivity index is 0.00000242. The predicted molar refractivity (Wildman–Crippen MR) is 90.4 cm³/mol. The van der Waals surface area contributed by atoms with Gasteiger partial charge in [0.15, 0.2) is 0 Å². The van der Waals surface area contributed by atoms with Gasteiger partial charge in [-0.15, -0.1) is 12.4 Å². The highest BCUT2D eigenvalue weighted by Gasteiger charge is 2.33. The molecule has 1 aliphatic heterocycles. The van der Waals surface area contributed by atoms with Crippen LogP contribution in [0.15, 0.2) is 23.1 Å². The van der Waals surface area contributed by atoms with E-state index in [-0.39, 0.29) is 29.3 Å². The maximum absolute atomic E-state index is 12.8. The van der Waals surface area contributed by atoms with E-state index in [0.717, 1.165) is 12.8 Å². The second-order valence-electron chi connectivity index (χ2n) is 5.42. The summed E-state index contributed by atoms with van der Waals surface area (Å²) in [4.78, 5) is 0.114. The summed E-state index contributed by atoms with van der Waals surface area (Å²) in [6.07, 6.45) is 1.77. The molecule has 0 amide bonds. The summed E-state index contributed by atoms with van der Waals surface area (Å²) in [7, 11) is -2.18. The molecule has 0 spiro atoms. The first-order valence-corrected chi connectivity index (χ1v) is 8.77. The van der Waals surface area contributed by atoms with Gasteiger partial charge in [-0.05, 0) is 43.9 Å². The Hall–Kier alpha value is -0.530. The summed E-state index contributed by atoms with van der Waals surface area (Å²) in [5, 5.41) is 0.370. The molecule has 1 saturated heterocycles. The predicted octanol–water partition coefficient (Wildman–Crippen LogP) is 2.52. The smallest absolute Gasteiger partial charge is 0.246 e. The van der Waals surface area contributed by atoms with Crippen molar-refractivity contribution in [3.8, 4) is 5.75 Å². The topological polar surface area (TPSA) is 72.6 Å². The van der Waals surface area contributed by atoms with Crippen LogP contribution in [0.5, 0.6) is 5.75 Å². The van der Waals surface area contributed by atoms with E-state index in [4.69, 9.17) is 22.1 Å². The maximum atomic E-state index is 12.8. The molecule has 1 fully saturated rings. The third-order valence-corrected chi connectivity index (χ3v) is 6.03. The zero-order valence-electron chi connectivity index (χ0n) is 12.7. The fourth-order valence-corrected chi connectivity index (χ4v) is 4.57. The van der Waals surface area contributed by atoms with Crippen molar-refractivity contribution < 1.29 is 13.2 Å². The van der Waals surface area contributed by atoms with Crippen LogP contribution in [0, 0.1) is 5.92 Å². The van der Waals surface area contributed by atoms with Crippen LogP contribution in [0.1, 0.15) is 19.8 Å². The minimum Gasteiger partial charge on any atom is -0.495 e. The van der Waals surface area contributed by atoms with Crippen molar-refractivity contribution in [3.63, 3.8) is 0 Å². The van der Waals surface area contributed by atoms with Gasteiger partial charge in [-0.1, -0.05) is 11.6 Å². The highest BCUT2D eigenvalue weighted by Crippen LogP contribution is 2.32. The third-order valence-electron chi connectivity index (χ3n) is 3.91. The first-order chi connectivity index (χ1) is 9.86. The number of hydrogen-bond donors (Lipinski definition) is 1. The van der Waals surface area contributed by atoms with E-state index in [1.54, 1.807) is 12.1 Å². The van der Waals surface area contributed by atoms with Crippen molar-refractivity contribution in [1.82, 2.24) is 4.31 Å². The Labute approximate surface area is 143 Å². The van der Waals surface area contributed by atoms with Crippen LogP contribution in [0.2, 0.25) is 5.02 Å². The molecule has 5 nitrogen and oxygen atoms in total. The number of ether oxygens (including phenoxy) is 1. The molecule has 0 aliphatic carbocycles.